The van der Waals surface area contributed by atoms with Crippen LogP contribution in [-0.4, -0.2) is 36.4 Å². The number of aliphatic hydroxyl groups is 1. The number of hydrogen-bond acceptors (Lipinski definition) is 5. The zero-order valence-electron chi connectivity index (χ0n) is 25.2. The molecule has 1 N–H and O–H groups in total. The predicted molar refractivity (Wildman–Crippen MR) is 161 cm³/mol. The van der Waals surface area contributed by atoms with Gasteiger partial charge in [0.25, 0.3) is 0 Å². The summed E-state index contributed by atoms with van der Waals surface area (Å²) in [7, 11) is 0. The van der Waals surface area contributed by atoms with Gasteiger partial charge in [0.05, 0.1) is 17.6 Å². The van der Waals surface area contributed by atoms with E-state index < -0.39 is 18.0 Å². The third kappa shape index (κ3) is 9.61. The molecule has 2 unspecified atom stereocenters. The van der Waals surface area contributed by atoms with Crippen molar-refractivity contribution < 1.29 is 24.2 Å². The number of benzene rings is 1. The first-order valence-electron chi connectivity index (χ1n) is 15.7. The standard InChI is InChI=1S/C35H52O5/c1-6-7-8-9-27-10-12-28(13-11-27)29-14-16-30(17-15-29)31-18-20-32(21-19-31)33(22-39-34(37)24(2)3)23-40-35(38)25(4)26(5)36/h18-21,26-30,33,36H,2,4,6-17,22-23H2,1,3,5H3. The van der Waals surface area contributed by atoms with Gasteiger partial charge in [0.2, 0.25) is 0 Å². The topological polar surface area (TPSA) is 72.8 Å². The summed E-state index contributed by atoms with van der Waals surface area (Å²) in [6.07, 6.45) is 15.5. The fourth-order valence-corrected chi connectivity index (χ4v) is 6.58. The van der Waals surface area contributed by atoms with E-state index in [0.717, 1.165) is 23.3 Å². The van der Waals surface area contributed by atoms with Crippen molar-refractivity contribution in [3.05, 3.63) is 59.7 Å². The number of ether oxygens (including phenoxy) is 2. The zero-order chi connectivity index (χ0) is 29.1. The molecule has 0 aliphatic heterocycles. The van der Waals surface area contributed by atoms with E-state index in [9.17, 15) is 14.7 Å². The third-order valence-corrected chi connectivity index (χ3v) is 9.37. The van der Waals surface area contributed by atoms with Crippen molar-refractivity contribution in [3.8, 4) is 0 Å². The van der Waals surface area contributed by atoms with Crippen molar-refractivity contribution in [2.75, 3.05) is 13.2 Å². The molecule has 0 radical (unpaired) electrons. The quantitative estimate of drug-likeness (QED) is 0.144. The lowest BCUT2D eigenvalue weighted by molar-refractivity contribution is -0.143. The lowest BCUT2D eigenvalue weighted by Crippen LogP contribution is -2.25. The first-order chi connectivity index (χ1) is 19.2. The van der Waals surface area contributed by atoms with Crippen LogP contribution in [0.2, 0.25) is 0 Å². The van der Waals surface area contributed by atoms with E-state index in [1.807, 2.05) is 0 Å². The number of esters is 2. The van der Waals surface area contributed by atoms with E-state index in [4.69, 9.17) is 9.47 Å². The number of unbranched alkanes of at least 4 members (excludes halogenated alkanes) is 2. The summed E-state index contributed by atoms with van der Waals surface area (Å²) in [6.45, 7) is 12.7. The summed E-state index contributed by atoms with van der Waals surface area (Å²) in [6, 6.07) is 8.51. The highest BCUT2D eigenvalue weighted by atomic mass is 16.5. The van der Waals surface area contributed by atoms with Crippen LogP contribution >= 0.6 is 0 Å². The zero-order valence-corrected chi connectivity index (χ0v) is 25.2. The molecule has 5 heteroatoms. The Hall–Kier alpha value is -2.40. The van der Waals surface area contributed by atoms with Crippen molar-refractivity contribution >= 4 is 11.9 Å². The molecule has 2 aliphatic carbocycles. The maximum Gasteiger partial charge on any atom is 0.336 e. The molecule has 0 spiro atoms. The second-order valence-electron chi connectivity index (χ2n) is 12.4. The Morgan fingerprint density at radius 3 is 1.95 bits per heavy atom. The molecular weight excluding hydrogens is 500 g/mol. The van der Waals surface area contributed by atoms with Crippen LogP contribution in [-0.2, 0) is 19.1 Å². The number of hydrogen-bond donors (Lipinski definition) is 1. The van der Waals surface area contributed by atoms with Crippen molar-refractivity contribution in [1.82, 2.24) is 0 Å². The average molecular weight is 553 g/mol. The normalized spacial score (nSPS) is 24.5. The van der Waals surface area contributed by atoms with Gasteiger partial charge in [-0.1, -0.05) is 82.9 Å². The van der Waals surface area contributed by atoms with Crippen LogP contribution in [0.1, 0.15) is 121 Å². The molecule has 2 fully saturated rings. The smallest absolute Gasteiger partial charge is 0.336 e. The van der Waals surface area contributed by atoms with Crippen LogP contribution in [0.3, 0.4) is 0 Å². The van der Waals surface area contributed by atoms with Crippen LogP contribution in [0.4, 0.5) is 0 Å². The molecule has 0 aromatic heterocycles. The van der Waals surface area contributed by atoms with Gasteiger partial charge in [0, 0.05) is 5.57 Å². The van der Waals surface area contributed by atoms with Crippen molar-refractivity contribution in [1.29, 1.82) is 0 Å². The maximum absolute atomic E-state index is 12.2. The summed E-state index contributed by atoms with van der Waals surface area (Å²) < 4.78 is 10.8. The van der Waals surface area contributed by atoms with E-state index in [2.05, 4.69) is 44.3 Å². The summed E-state index contributed by atoms with van der Waals surface area (Å²) in [5.41, 5.74) is 2.63. The highest BCUT2D eigenvalue weighted by Crippen LogP contribution is 2.44. The molecule has 40 heavy (non-hydrogen) atoms. The van der Waals surface area contributed by atoms with Crippen molar-refractivity contribution in [3.63, 3.8) is 0 Å². The Bertz CT molecular complexity index is 962. The van der Waals surface area contributed by atoms with Gasteiger partial charge in [0.15, 0.2) is 0 Å². The van der Waals surface area contributed by atoms with E-state index in [-0.39, 0.29) is 24.7 Å². The summed E-state index contributed by atoms with van der Waals surface area (Å²) in [5, 5.41) is 9.62. The van der Waals surface area contributed by atoms with E-state index in [0.29, 0.717) is 11.5 Å². The van der Waals surface area contributed by atoms with Crippen LogP contribution < -0.4 is 0 Å². The molecule has 222 valence electrons. The molecule has 2 atom stereocenters. The number of carbonyl (C=O) groups is 2. The first-order valence-corrected chi connectivity index (χ1v) is 15.7. The van der Waals surface area contributed by atoms with Gasteiger partial charge >= 0.3 is 11.9 Å². The van der Waals surface area contributed by atoms with Gasteiger partial charge in [-0.2, -0.15) is 0 Å². The molecular formula is C35H52O5. The predicted octanol–water partition coefficient (Wildman–Crippen LogP) is 8.03. The summed E-state index contributed by atoms with van der Waals surface area (Å²) >= 11 is 0. The molecule has 3 rings (SSSR count). The molecule has 2 saturated carbocycles. The fraction of sp³-hybridized carbons (Fsp3) is 0.657. The van der Waals surface area contributed by atoms with Gasteiger partial charge in [-0.3, -0.25) is 0 Å². The molecule has 2 aliphatic rings. The maximum atomic E-state index is 12.2. The monoisotopic (exact) mass is 552 g/mol. The van der Waals surface area contributed by atoms with Gasteiger partial charge in [-0.15, -0.1) is 0 Å². The Morgan fingerprint density at radius 1 is 0.875 bits per heavy atom. The minimum atomic E-state index is -0.979. The Kier molecular flexibility index (Phi) is 13.0. The molecule has 0 bridgehead atoms. The average Bonchev–Trinajstić information content (AvgIpc) is 2.97. The van der Waals surface area contributed by atoms with Crippen LogP contribution in [0, 0.1) is 17.8 Å². The number of aliphatic hydroxyl groups excluding tert-OH is 1. The molecule has 0 saturated heterocycles. The van der Waals surface area contributed by atoms with Crippen molar-refractivity contribution in [2.45, 2.75) is 116 Å². The molecule has 1 aromatic rings. The second kappa shape index (κ2) is 16.1. The van der Waals surface area contributed by atoms with E-state index in [1.54, 1.807) is 6.92 Å². The summed E-state index contributed by atoms with van der Waals surface area (Å²) in [5.74, 6) is 1.95. The van der Waals surface area contributed by atoms with E-state index in [1.165, 1.54) is 89.5 Å². The SMILES string of the molecule is C=C(C)C(=O)OCC(COC(=O)C(=C)C(C)O)c1ccc(C2CCC(C3CCC(CCCCC)CC3)CC2)cc1. The Labute approximate surface area is 242 Å². The minimum absolute atomic E-state index is 0.00338. The Balaban J connectivity index is 1.53. The molecule has 1 aromatic carbocycles. The van der Waals surface area contributed by atoms with Crippen LogP contribution in [0.5, 0.6) is 0 Å². The Morgan fingerprint density at radius 2 is 1.43 bits per heavy atom. The number of carbonyl (C=O) groups excluding carboxylic acids is 2. The van der Waals surface area contributed by atoms with Crippen molar-refractivity contribution in [2.24, 2.45) is 17.8 Å². The van der Waals surface area contributed by atoms with Gasteiger partial charge < -0.3 is 14.6 Å². The van der Waals surface area contributed by atoms with Crippen LogP contribution in [0.15, 0.2) is 48.6 Å². The minimum Gasteiger partial charge on any atom is -0.462 e. The second-order valence-corrected chi connectivity index (χ2v) is 12.4. The van der Waals surface area contributed by atoms with E-state index >= 15 is 0 Å². The van der Waals surface area contributed by atoms with Gasteiger partial charge in [-0.25, -0.2) is 9.59 Å². The lowest BCUT2D eigenvalue weighted by Gasteiger charge is -2.38. The molecule has 0 heterocycles. The highest BCUT2D eigenvalue weighted by Gasteiger charge is 2.31. The highest BCUT2D eigenvalue weighted by molar-refractivity contribution is 5.88. The summed E-state index contributed by atoms with van der Waals surface area (Å²) in [4.78, 5) is 24.2. The molecule has 5 nitrogen and oxygen atoms in total. The number of rotatable bonds is 14. The fourth-order valence-electron chi connectivity index (χ4n) is 6.58. The first kappa shape index (κ1) is 32.1. The van der Waals surface area contributed by atoms with Gasteiger partial charge in [0.1, 0.15) is 13.2 Å². The lowest BCUT2D eigenvalue weighted by atomic mass is 9.68. The molecule has 0 amide bonds. The van der Waals surface area contributed by atoms with Gasteiger partial charge in [-0.05, 0) is 87.2 Å². The van der Waals surface area contributed by atoms with Crippen LogP contribution in [0.25, 0.3) is 0 Å². The third-order valence-electron chi connectivity index (χ3n) is 9.37. The largest absolute Gasteiger partial charge is 0.462 e.